The molecule has 3 rings (SSSR count). The second-order valence-electron chi connectivity index (χ2n) is 11.1. The minimum atomic E-state index is -1.29. The molecule has 4 N–H and O–H groups in total. The van der Waals surface area contributed by atoms with E-state index in [0.29, 0.717) is 19.3 Å². The molecule has 0 heterocycles. The molecule has 2 fully saturated rings. The number of rotatable bonds is 2. The molecular formula is C25H40O5. The number of carboxylic acids is 1. The van der Waals surface area contributed by atoms with E-state index < -0.39 is 29.2 Å². The lowest BCUT2D eigenvalue weighted by atomic mass is 9.67. The van der Waals surface area contributed by atoms with E-state index in [9.17, 15) is 25.2 Å². The first-order valence-corrected chi connectivity index (χ1v) is 11.5. The number of aliphatic hydroxyl groups excluding tert-OH is 1. The van der Waals surface area contributed by atoms with Crippen LogP contribution in [0.25, 0.3) is 0 Å². The quantitative estimate of drug-likeness (QED) is 0.505. The van der Waals surface area contributed by atoms with Crippen LogP contribution in [0, 0.1) is 29.1 Å². The number of allylic oxidation sites excluding steroid dienone is 2. The number of aliphatic hydroxyl groups is 3. The number of hydrogen-bond donors (Lipinski definition) is 4. The number of fused-ring (bicyclic) bond motifs is 2. The van der Waals surface area contributed by atoms with Crippen LogP contribution < -0.4 is 0 Å². The molecule has 0 aromatic rings. The molecule has 0 bridgehead atoms. The number of carboxylic acid groups (broad SMARTS) is 1. The average Bonchev–Trinajstić information content (AvgIpc) is 3.12. The van der Waals surface area contributed by atoms with Gasteiger partial charge >= 0.3 is 5.97 Å². The molecule has 0 aromatic heterocycles. The molecule has 0 aliphatic heterocycles. The molecule has 0 aromatic carbocycles. The summed E-state index contributed by atoms with van der Waals surface area (Å²) in [6, 6.07) is 0. The Hall–Kier alpha value is -1.17. The van der Waals surface area contributed by atoms with Gasteiger partial charge in [-0.25, -0.2) is 0 Å². The first-order chi connectivity index (χ1) is 13.8. The minimum absolute atomic E-state index is 0.0540. The van der Waals surface area contributed by atoms with E-state index in [2.05, 4.69) is 19.9 Å². The normalized spacial score (nSPS) is 46.0. The predicted molar refractivity (Wildman–Crippen MR) is 117 cm³/mol. The summed E-state index contributed by atoms with van der Waals surface area (Å²) in [5.74, 6) is -0.870. The van der Waals surface area contributed by atoms with Crippen molar-refractivity contribution >= 4 is 5.97 Å². The van der Waals surface area contributed by atoms with E-state index in [4.69, 9.17) is 0 Å². The third-order valence-electron chi connectivity index (χ3n) is 8.77. The highest BCUT2D eigenvalue weighted by Gasteiger charge is 2.50. The van der Waals surface area contributed by atoms with Crippen molar-refractivity contribution in [1.29, 1.82) is 0 Å². The summed E-state index contributed by atoms with van der Waals surface area (Å²) in [6.45, 7) is 9.57. The summed E-state index contributed by atoms with van der Waals surface area (Å²) in [5, 5.41) is 42.7. The van der Waals surface area contributed by atoms with Crippen molar-refractivity contribution in [3.8, 4) is 0 Å². The van der Waals surface area contributed by atoms with Crippen LogP contribution in [-0.2, 0) is 4.79 Å². The second kappa shape index (κ2) is 8.07. The molecule has 8 atom stereocenters. The molecule has 0 spiro atoms. The van der Waals surface area contributed by atoms with Gasteiger partial charge in [0.25, 0.3) is 0 Å². The highest BCUT2D eigenvalue weighted by Crippen LogP contribution is 2.55. The largest absolute Gasteiger partial charge is 0.481 e. The molecule has 30 heavy (non-hydrogen) atoms. The Morgan fingerprint density at radius 2 is 1.80 bits per heavy atom. The topological polar surface area (TPSA) is 98.0 Å². The number of hydrogen-bond acceptors (Lipinski definition) is 4. The van der Waals surface area contributed by atoms with Crippen LogP contribution in [0.5, 0.6) is 0 Å². The Morgan fingerprint density at radius 3 is 2.43 bits per heavy atom. The maximum absolute atomic E-state index is 11.8. The van der Waals surface area contributed by atoms with Crippen molar-refractivity contribution in [3.05, 3.63) is 23.3 Å². The Balaban J connectivity index is 2.03. The number of carbonyl (C=O) groups is 1. The maximum atomic E-state index is 11.8. The second-order valence-corrected chi connectivity index (χ2v) is 11.1. The fourth-order valence-electron chi connectivity index (χ4n) is 6.40. The Bertz CT molecular complexity index is 734. The SMILES string of the molecule is CC1=CC[C@@H]2[C@H]([C@H](C)C(=O)O)CC[C@@]2(C)C[C@@H](O)[C@@](C)(O)CC=C2[C@H]1CC[C@@]2(C)O. The zero-order valence-electron chi connectivity index (χ0n) is 19.2. The third kappa shape index (κ3) is 4.26. The highest BCUT2D eigenvalue weighted by molar-refractivity contribution is 5.70. The lowest BCUT2D eigenvalue weighted by molar-refractivity contribution is -0.144. The van der Waals surface area contributed by atoms with Gasteiger partial charge in [-0.15, -0.1) is 0 Å². The van der Waals surface area contributed by atoms with E-state index in [1.54, 1.807) is 13.8 Å². The fraction of sp³-hybridized carbons (Fsp3) is 0.800. The van der Waals surface area contributed by atoms with Crippen LogP contribution in [0.2, 0.25) is 0 Å². The van der Waals surface area contributed by atoms with Crippen molar-refractivity contribution in [2.75, 3.05) is 0 Å². The van der Waals surface area contributed by atoms with Crippen LogP contribution in [0.15, 0.2) is 23.3 Å². The monoisotopic (exact) mass is 420 g/mol. The standard InChI is InChI=1S/C25H40O5/c1-15-6-7-19-18(16(2)22(27)28)8-11-23(19,3)14-21(26)25(5,30)13-10-20-17(15)9-12-24(20,4)29/h6,10,16-19,21,26,29-30H,7-9,11-14H2,1-5H3,(H,27,28)/t16-,17-,18-,19+,21+,23-,24+,25-/m0/s1. The zero-order chi connectivity index (χ0) is 22.5. The molecule has 5 heteroatoms. The summed E-state index contributed by atoms with van der Waals surface area (Å²) in [4.78, 5) is 11.8. The van der Waals surface area contributed by atoms with E-state index >= 15 is 0 Å². The van der Waals surface area contributed by atoms with Crippen LogP contribution in [-0.4, -0.2) is 43.7 Å². The third-order valence-corrected chi connectivity index (χ3v) is 8.77. The van der Waals surface area contributed by atoms with Crippen LogP contribution >= 0.6 is 0 Å². The van der Waals surface area contributed by atoms with Gasteiger partial charge in [-0.05, 0) is 88.5 Å². The molecule has 0 amide bonds. The summed E-state index contributed by atoms with van der Waals surface area (Å²) in [6.07, 6.45) is 8.04. The highest BCUT2D eigenvalue weighted by atomic mass is 16.4. The molecule has 3 aliphatic rings. The van der Waals surface area contributed by atoms with E-state index in [1.165, 1.54) is 5.57 Å². The van der Waals surface area contributed by atoms with Gasteiger partial charge < -0.3 is 20.4 Å². The first kappa shape index (κ1) is 23.5. The molecule has 2 saturated carbocycles. The van der Waals surface area contributed by atoms with Gasteiger partial charge in [0.15, 0.2) is 0 Å². The Labute approximate surface area is 180 Å². The molecule has 3 aliphatic carbocycles. The molecule has 170 valence electrons. The van der Waals surface area contributed by atoms with Gasteiger partial charge in [0.1, 0.15) is 0 Å². The zero-order valence-corrected chi connectivity index (χ0v) is 19.2. The first-order valence-electron chi connectivity index (χ1n) is 11.5. The van der Waals surface area contributed by atoms with Gasteiger partial charge in [0, 0.05) is 5.92 Å². The van der Waals surface area contributed by atoms with Gasteiger partial charge in [-0.1, -0.05) is 31.6 Å². The van der Waals surface area contributed by atoms with Crippen LogP contribution in [0.4, 0.5) is 0 Å². The van der Waals surface area contributed by atoms with Crippen molar-refractivity contribution in [3.63, 3.8) is 0 Å². The smallest absolute Gasteiger partial charge is 0.306 e. The lowest BCUT2D eigenvalue weighted by Gasteiger charge is -2.40. The molecule has 0 saturated heterocycles. The van der Waals surface area contributed by atoms with Crippen molar-refractivity contribution in [1.82, 2.24) is 0 Å². The fourth-order valence-corrected chi connectivity index (χ4v) is 6.40. The summed E-state index contributed by atoms with van der Waals surface area (Å²) in [5.41, 5.74) is -0.254. The average molecular weight is 421 g/mol. The van der Waals surface area contributed by atoms with E-state index in [1.807, 2.05) is 13.0 Å². The Morgan fingerprint density at radius 1 is 1.13 bits per heavy atom. The summed E-state index contributed by atoms with van der Waals surface area (Å²) < 4.78 is 0. The van der Waals surface area contributed by atoms with Crippen molar-refractivity contribution < 1.29 is 25.2 Å². The molecule has 5 nitrogen and oxygen atoms in total. The lowest BCUT2D eigenvalue weighted by Crippen LogP contribution is -2.44. The number of aliphatic carboxylic acids is 1. The summed E-state index contributed by atoms with van der Waals surface area (Å²) in [7, 11) is 0. The van der Waals surface area contributed by atoms with Crippen LogP contribution in [0.1, 0.15) is 79.6 Å². The van der Waals surface area contributed by atoms with Crippen molar-refractivity contribution in [2.24, 2.45) is 29.1 Å². The maximum Gasteiger partial charge on any atom is 0.306 e. The molecule has 0 radical (unpaired) electrons. The van der Waals surface area contributed by atoms with Crippen molar-refractivity contribution in [2.45, 2.75) is 96.9 Å². The molecular weight excluding hydrogens is 380 g/mol. The predicted octanol–water partition coefficient (Wildman–Crippen LogP) is 4.07. The summed E-state index contributed by atoms with van der Waals surface area (Å²) >= 11 is 0. The minimum Gasteiger partial charge on any atom is -0.481 e. The van der Waals surface area contributed by atoms with Gasteiger partial charge in [-0.3, -0.25) is 4.79 Å². The van der Waals surface area contributed by atoms with E-state index in [0.717, 1.165) is 31.3 Å². The van der Waals surface area contributed by atoms with Gasteiger partial charge in [0.2, 0.25) is 0 Å². The van der Waals surface area contributed by atoms with Gasteiger partial charge in [-0.2, -0.15) is 0 Å². The van der Waals surface area contributed by atoms with Gasteiger partial charge in [0.05, 0.1) is 23.2 Å². The van der Waals surface area contributed by atoms with Crippen LogP contribution in [0.3, 0.4) is 0 Å². The Kier molecular flexibility index (Phi) is 6.32. The molecule has 0 unspecified atom stereocenters. The van der Waals surface area contributed by atoms with E-state index in [-0.39, 0.29) is 23.2 Å².